The summed E-state index contributed by atoms with van der Waals surface area (Å²) in [7, 11) is 1.75. The van der Waals surface area contributed by atoms with E-state index in [9.17, 15) is 0 Å². The maximum Gasteiger partial charge on any atom is 0.0637 e. The van der Waals surface area contributed by atoms with Gasteiger partial charge in [-0.25, -0.2) is 0 Å². The standard InChI is InChI=1S/C12H18N2O/c1-15-9-8-14-7-6-13-10-11-4-2-3-5-12(11)14/h2-5,13H,6-10H2,1H3. The third kappa shape index (κ3) is 2.49. The molecular weight excluding hydrogens is 188 g/mol. The van der Waals surface area contributed by atoms with Crippen LogP contribution in [-0.4, -0.2) is 33.4 Å². The molecule has 3 nitrogen and oxygen atoms in total. The van der Waals surface area contributed by atoms with Gasteiger partial charge in [0.2, 0.25) is 0 Å². The molecular formula is C12H18N2O. The smallest absolute Gasteiger partial charge is 0.0637 e. The summed E-state index contributed by atoms with van der Waals surface area (Å²) in [5.74, 6) is 0. The first-order chi connectivity index (χ1) is 7.42. The highest BCUT2D eigenvalue weighted by Crippen LogP contribution is 2.21. The molecule has 0 bridgehead atoms. The molecule has 0 atom stereocenters. The molecule has 0 spiro atoms. The molecule has 1 aliphatic heterocycles. The minimum atomic E-state index is 0.786. The first kappa shape index (κ1) is 10.5. The molecule has 82 valence electrons. The SMILES string of the molecule is COCCN1CCNCc2ccccc21. The van der Waals surface area contributed by atoms with Crippen LogP contribution in [0.3, 0.4) is 0 Å². The zero-order valence-corrected chi connectivity index (χ0v) is 9.20. The molecule has 1 aliphatic rings. The predicted octanol–water partition coefficient (Wildman–Crippen LogP) is 1.24. The van der Waals surface area contributed by atoms with Crippen LogP contribution in [-0.2, 0) is 11.3 Å². The van der Waals surface area contributed by atoms with Crippen LogP contribution < -0.4 is 10.2 Å². The first-order valence-electron chi connectivity index (χ1n) is 5.44. The van der Waals surface area contributed by atoms with Crippen LogP contribution in [0.2, 0.25) is 0 Å². The lowest BCUT2D eigenvalue weighted by atomic mass is 10.1. The van der Waals surface area contributed by atoms with Crippen LogP contribution in [0, 0.1) is 0 Å². The normalized spacial score (nSPS) is 15.9. The van der Waals surface area contributed by atoms with E-state index in [1.165, 1.54) is 11.3 Å². The third-order valence-corrected chi connectivity index (χ3v) is 2.77. The first-order valence-corrected chi connectivity index (χ1v) is 5.44. The van der Waals surface area contributed by atoms with Gasteiger partial charge in [-0.2, -0.15) is 0 Å². The van der Waals surface area contributed by atoms with E-state index in [-0.39, 0.29) is 0 Å². The lowest BCUT2D eigenvalue weighted by Gasteiger charge is -2.23. The number of rotatable bonds is 3. The number of hydrogen-bond donors (Lipinski definition) is 1. The molecule has 1 heterocycles. The van der Waals surface area contributed by atoms with Crippen LogP contribution in [0.5, 0.6) is 0 Å². The Hall–Kier alpha value is -1.06. The van der Waals surface area contributed by atoms with Crippen molar-refractivity contribution in [1.82, 2.24) is 5.32 Å². The van der Waals surface area contributed by atoms with Gasteiger partial charge in [-0.1, -0.05) is 18.2 Å². The second kappa shape index (κ2) is 5.14. The number of fused-ring (bicyclic) bond motifs is 1. The van der Waals surface area contributed by atoms with Crippen molar-refractivity contribution in [3.8, 4) is 0 Å². The summed E-state index contributed by atoms with van der Waals surface area (Å²) < 4.78 is 5.14. The summed E-state index contributed by atoms with van der Waals surface area (Å²) >= 11 is 0. The van der Waals surface area contributed by atoms with E-state index >= 15 is 0 Å². The van der Waals surface area contributed by atoms with Gasteiger partial charge in [-0.15, -0.1) is 0 Å². The average molecular weight is 206 g/mol. The van der Waals surface area contributed by atoms with Gasteiger partial charge in [0.1, 0.15) is 0 Å². The molecule has 0 saturated heterocycles. The molecule has 0 radical (unpaired) electrons. The number of nitrogens with zero attached hydrogens (tertiary/aromatic N) is 1. The van der Waals surface area contributed by atoms with Gasteiger partial charge < -0.3 is 15.0 Å². The average Bonchev–Trinajstić information content (AvgIpc) is 2.49. The van der Waals surface area contributed by atoms with Crippen molar-refractivity contribution < 1.29 is 4.74 Å². The predicted molar refractivity (Wildman–Crippen MR) is 62.2 cm³/mol. The van der Waals surface area contributed by atoms with E-state index in [4.69, 9.17) is 4.74 Å². The Morgan fingerprint density at radius 1 is 1.40 bits per heavy atom. The highest BCUT2D eigenvalue weighted by Gasteiger charge is 2.13. The molecule has 15 heavy (non-hydrogen) atoms. The molecule has 1 N–H and O–H groups in total. The highest BCUT2D eigenvalue weighted by atomic mass is 16.5. The van der Waals surface area contributed by atoms with Crippen molar-refractivity contribution in [1.29, 1.82) is 0 Å². The Bertz CT molecular complexity index is 314. The van der Waals surface area contributed by atoms with Crippen LogP contribution in [0.15, 0.2) is 24.3 Å². The van der Waals surface area contributed by atoms with Crippen molar-refractivity contribution >= 4 is 5.69 Å². The number of hydrogen-bond acceptors (Lipinski definition) is 3. The van der Waals surface area contributed by atoms with Gasteiger partial charge in [0.25, 0.3) is 0 Å². The molecule has 2 rings (SSSR count). The number of benzene rings is 1. The van der Waals surface area contributed by atoms with Gasteiger partial charge in [0.05, 0.1) is 6.61 Å². The zero-order chi connectivity index (χ0) is 10.5. The second-order valence-corrected chi connectivity index (χ2v) is 3.79. The Kier molecular flexibility index (Phi) is 3.59. The fourth-order valence-corrected chi connectivity index (χ4v) is 1.96. The summed E-state index contributed by atoms with van der Waals surface area (Å²) in [4.78, 5) is 2.39. The van der Waals surface area contributed by atoms with E-state index in [0.717, 1.165) is 32.8 Å². The summed E-state index contributed by atoms with van der Waals surface area (Å²) in [5.41, 5.74) is 2.73. The van der Waals surface area contributed by atoms with Crippen molar-refractivity contribution in [3.63, 3.8) is 0 Å². The Balaban J connectivity index is 2.17. The largest absolute Gasteiger partial charge is 0.383 e. The minimum absolute atomic E-state index is 0.786. The van der Waals surface area contributed by atoms with Crippen molar-refractivity contribution in [2.45, 2.75) is 6.54 Å². The Morgan fingerprint density at radius 2 is 2.27 bits per heavy atom. The molecule has 0 unspecified atom stereocenters. The second-order valence-electron chi connectivity index (χ2n) is 3.79. The number of methoxy groups -OCH3 is 1. The van der Waals surface area contributed by atoms with Crippen LogP contribution in [0.25, 0.3) is 0 Å². The Morgan fingerprint density at radius 3 is 3.13 bits per heavy atom. The fourth-order valence-electron chi connectivity index (χ4n) is 1.96. The van der Waals surface area contributed by atoms with Gasteiger partial charge in [-0.05, 0) is 11.6 Å². The monoisotopic (exact) mass is 206 g/mol. The van der Waals surface area contributed by atoms with Crippen LogP contribution in [0.4, 0.5) is 5.69 Å². The quantitative estimate of drug-likeness (QED) is 0.805. The van der Waals surface area contributed by atoms with Gasteiger partial charge in [0, 0.05) is 39.0 Å². The highest BCUT2D eigenvalue weighted by molar-refractivity contribution is 5.54. The van der Waals surface area contributed by atoms with E-state index < -0.39 is 0 Å². The van der Waals surface area contributed by atoms with Crippen molar-refractivity contribution in [2.75, 3.05) is 38.3 Å². The minimum Gasteiger partial charge on any atom is -0.383 e. The van der Waals surface area contributed by atoms with Gasteiger partial charge >= 0.3 is 0 Å². The molecule has 0 fully saturated rings. The van der Waals surface area contributed by atoms with E-state index in [0.29, 0.717) is 0 Å². The third-order valence-electron chi connectivity index (χ3n) is 2.77. The maximum absolute atomic E-state index is 5.14. The summed E-state index contributed by atoms with van der Waals surface area (Å²) in [6.45, 7) is 4.82. The van der Waals surface area contributed by atoms with E-state index in [2.05, 4.69) is 34.5 Å². The zero-order valence-electron chi connectivity index (χ0n) is 9.20. The topological polar surface area (TPSA) is 24.5 Å². The molecule has 0 saturated carbocycles. The van der Waals surface area contributed by atoms with Crippen LogP contribution >= 0.6 is 0 Å². The molecule has 1 aromatic carbocycles. The summed E-state index contributed by atoms with van der Waals surface area (Å²) in [5, 5.41) is 3.43. The number of nitrogens with one attached hydrogen (secondary N) is 1. The number of anilines is 1. The molecule has 1 aromatic rings. The molecule has 3 heteroatoms. The summed E-state index contributed by atoms with van der Waals surface area (Å²) in [6, 6.07) is 8.58. The van der Waals surface area contributed by atoms with Gasteiger partial charge in [-0.3, -0.25) is 0 Å². The number of ether oxygens (including phenoxy) is 1. The molecule has 0 aliphatic carbocycles. The van der Waals surface area contributed by atoms with Crippen LogP contribution in [0.1, 0.15) is 5.56 Å². The lowest BCUT2D eigenvalue weighted by Crippen LogP contribution is -2.31. The lowest BCUT2D eigenvalue weighted by molar-refractivity contribution is 0.205. The number of para-hydroxylation sites is 1. The fraction of sp³-hybridized carbons (Fsp3) is 0.500. The summed E-state index contributed by atoms with van der Waals surface area (Å²) in [6.07, 6.45) is 0. The van der Waals surface area contributed by atoms with E-state index in [1.54, 1.807) is 7.11 Å². The van der Waals surface area contributed by atoms with E-state index in [1.807, 2.05) is 0 Å². The molecule has 0 aromatic heterocycles. The van der Waals surface area contributed by atoms with Crippen molar-refractivity contribution in [3.05, 3.63) is 29.8 Å². The van der Waals surface area contributed by atoms with Crippen molar-refractivity contribution in [2.24, 2.45) is 0 Å². The Labute approximate surface area is 91.0 Å². The maximum atomic E-state index is 5.14. The van der Waals surface area contributed by atoms with Gasteiger partial charge in [0.15, 0.2) is 0 Å². The molecule has 0 amide bonds.